The summed E-state index contributed by atoms with van der Waals surface area (Å²) in [5, 5.41) is 8.13. The number of nitrogens with zero attached hydrogens (tertiary/aromatic N) is 4. The van der Waals surface area contributed by atoms with Gasteiger partial charge in [0, 0.05) is 24.3 Å². The Hall–Kier alpha value is -1.62. The lowest BCUT2D eigenvalue weighted by Gasteiger charge is -2.08. The van der Waals surface area contributed by atoms with Crippen LogP contribution in [0.1, 0.15) is 42.9 Å². The highest BCUT2D eigenvalue weighted by Crippen LogP contribution is 2.14. The lowest BCUT2D eigenvalue weighted by atomic mass is 10.2. The molecule has 0 fully saturated rings. The average Bonchev–Trinajstić information content (AvgIpc) is 2.98. The Morgan fingerprint density at radius 3 is 2.75 bits per heavy atom. The number of imidazole rings is 1. The zero-order chi connectivity index (χ0) is 14.5. The van der Waals surface area contributed by atoms with E-state index in [1.807, 2.05) is 12.5 Å². The molecular formula is C15H25N5. The third kappa shape index (κ3) is 3.10. The summed E-state index contributed by atoms with van der Waals surface area (Å²) in [6.07, 6.45) is 4.96. The van der Waals surface area contributed by atoms with Crippen molar-refractivity contribution in [1.29, 1.82) is 0 Å². The molecule has 0 amide bonds. The molecule has 2 heterocycles. The van der Waals surface area contributed by atoms with Gasteiger partial charge in [-0.2, -0.15) is 5.10 Å². The van der Waals surface area contributed by atoms with Crippen molar-refractivity contribution in [3.63, 3.8) is 0 Å². The molecule has 0 aromatic carbocycles. The molecular weight excluding hydrogens is 250 g/mol. The standard InChI is InChI=1S/C15H25N5/c1-5-7-16-9-15-12(3)18-20(13(15)4)10-14-8-17-11-19(14)6-2/h8,11,16H,5-7,9-10H2,1-4H3. The quantitative estimate of drug-likeness (QED) is 0.789. The molecule has 1 N–H and O–H groups in total. The molecule has 0 spiro atoms. The van der Waals surface area contributed by atoms with Crippen molar-refractivity contribution in [3.8, 4) is 0 Å². The minimum Gasteiger partial charge on any atom is -0.333 e. The van der Waals surface area contributed by atoms with Crippen LogP contribution in [-0.4, -0.2) is 25.9 Å². The van der Waals surface area contributed by atoms with Crippen molar-refractivity contribution in [1.82, 2.24) is 24.6 Å². The Kier molecular flexibility index (Phi) is 4.95. The smallest absolute Gasteiger partial charge is 0.0948 e. The maximum Gasteiger partial charge on any atom is 0.0948 e. The minimum atomic E-state index is 0.786. The van der Waals surface area contributed by atoms with Crippen LogP contribution in [0.3, 0.4) is 0 Å². The van der Waals surface area contributed by atoms with E-state index in [-0.39, 0.29) is 0 Å². The predicted molar refractivity (Wildman–Crippen MR) is 80.7 cm³/mol. The van der Waals surface area contributed by atoms with Gasteiger partial charge < -0.3 is 9.88 Å². The van der Waals surface area contributed by atoms with E-state index in [1.165, 1.54) is 17.0 Å². The molecule has 0 bridgehead atoms. The van der Waals surface area contributed by atoms with Gasteiger partial charge >= 0.3 is 0 Å². The molecule has 0 aliphatic rings. The molecule has 5 nitrogen and oxygen atoms in total. The lowest BCUT2D eigenvalue weighted by molar-refractivity contribution is 0.604. The van der Waals surface area contributed by atoms with Crippen LogP contribution in [0.15, 0.2) is 12.5 Å². The molecule has 2 aromatic heterocycles. The van der Waals surface area contributed by atoms with Gasteiger partial charge in [-0.05, 0) is 33.7 Å². The topological polar surface area (TPSA) is 47.7 Å². The second-order valence-electron chi connectivity index (χ2n) is 5.15. The van der Waals surface area contributed by atoms with E-state index < -0.39 is 0 Å². The van der Waals surface area contributed by atoms with Crippen LogP contribution in [0.25, 0.3) is 0 Å². The molecule has 0 saturated heterocycles. The summed E-state index contributed by atoms with van der Waals surface area (Å²) in [6, 6.07) is 0. The van der Waals surface area contributed by atoms with Crippen molar-refractivity contribution in [3.05, 3.63) is 35.2 Å². The largest absolute Gasteiger partial charge is 0.333 e. The van der Waals surface area contributed by atoms with Gasteiger partial charge in [-0.3, -0.25) is 4.68 Å². The van der Waals surface area contributed by atoms with Gasteiger partial charge in [-0.25, -0.2) is 4.98 Å². The van der Waals surface area contributed by atoms with Gasteiger partial charge in [0.1, 0.15) is 0 Å². The SMILES string of the molecule is CCCNCc1c(C)nn(Cc2cncn2CC)c1C. The summed E-state index contributed by atoms with van der Waals surface area (Å²) in [6.45, 7) is 12.2. The summed E-state index contributed by atoms with van der Waals surface area (Å²) in [5.41, 5.74) is 4.89. The normalized spacial score (nSPS) is 11.2. The van der Waals surface area contributed by atoms with E-state index >= 15 is 0 Å². The van der Waals surface area contributed by atoms with Crippen molar-refractivity contribution in [2.24, 2.45) is 0 Å². The first-order chi connectivity index (χ1) is 9.67. The second-order valence-corrected chi connectivity index (χ2v) is 5.15. The monoisotopic (exact) mass is 275 g/mol. The van der Waals surface area contributed by atoms with E-state index in [9.17, 15) is 0 Å². The zero-order valence-electron chi connectivity index (χ0n) is 13.0. The molecule has 0 atom stereocenters. The molecule has 5 heteroatoms. The van der Waals surface area contributed by atoms with Crippen LogP contribution in [0.4, 0.5) is 0 Å². The number of hydrogen-bond acceptors (Lipinski definition) is 3. The van der Waals surface area contributed by atoms with Crippen LogP contribution >= 0.6 is 0 Å². The van der Waals surface area contributed by atoms with Gasteiger partial charge in [0.2, 0.25) is 0 Å². The predicted octanol–water partition coefficient (Wildman–Crippen LogP) is 2.26. The van der Waals surface area contributed by atoms with Crippen LogP contribution in [0.2, 0.25) is 0 Å². The molecule has 0 unspecified atom stereocenters. The Balaban J connectivity index is 2.15. The molecule has 20 heavy (non-hydrogen) atoms. The van der Waals surface area contributed by atoms with Crippen LogP contribution < -0.4 is 5.32 Å². The Morgan fingerprint density at radius 1 is 1.25 bits per heavy atom. The van der Waals surface area contributed by atoms with Crippen LogP contribution in [0, 0.1) is 13.8 Å². The fourth-order valence-corrected chi connectivity index (χ4v) is 2.45. The Morgan fingerprint density at radius 2 is 2.05 bits per heavy atom. The average molecular weight is 275 g/mol. The second kappa shape index (κ2) is 6.70. The van der Waals surface area contributed by atoms with E-state index in [0.717, 1.165) is 38.3 Å². The first kappa shape index (κ1) is 14.8. The van der Waals surface area contributed by atoms with Gasteiger partial charge in [-0.1, -0.05) is 6.92 Å². The summed E-state index contributed by atoms with van der Waals surface area (Å²) in [5.74, 6) is 0. The van der Waals surface area contributed by atoms with Gasteiger partial charge in [0.25, 0.3) is 0 Å². The summed E-state index contributed by atoms with van der Waals surface area (Å²) in [7, 11) is 0. The molecule has 0 saturated carbocycles. The minimum absolute atomic E-state index is 0.786. The first-order valence-corrected chi connectivity index (χ1v) is 7.39. The van der Waals surface area contributed by atoms with Crippen molar-refractivity contribution in [2.45, 2.75) is 53.8 Å². The van der Waals surface area contributed by atoms with Crippen LogP contribution in [0.5, 0.6) is 0 Å². The fraction of sp³-hybridized carbons (Fsp3) is 0.600. The molecule has 2 aromatic rings. The van der Waals surface area contributed by atoms with Gasteiger partial charge in [0.05, 0.1) is 30.5 Å². The van der Waals surface area contributed by atoms with Crippen molar-refractivity contribution < 1.29 is 0 Å². The fourth-order valence-electron chi connectivity index (χ4n) is 2.45. The Bertz CT molecular complexity index is 553. The summed E-state index contributed by atoms with van der Waals surface area (Å²) < 4.78 is 4.24. The third-order valence-electron chi connectivity index (χ3n) is 3.71. The highest BCUT2D eigenvalue weighted by atomic mass is 15.3. The molecule has 0 aliphatic carbocycles. The molecule has 0 aliphatic heterocycles. The number of nitrogens with one attached hydrogen (secondary N) is 1. The van der Waals surface area contributed by atoms with Gasteiger partial charge in [-0.15, -0.1) is 0 Å². The van der Waals surface area contributed by atoms with Crippen molar-refractivity contribution in [2.75, 3.05) is 6.54 Å². The molecule has 110 valence electrons. The maximum absolute atomic E-state index is 4.67. The lowest BCUT2D eigenvalue weighted by Crippen LogP contribution is -2.15. The number of hydrogen-bond donors (Lipinski definition) is 1. The number of rotatable bonds is 7. The first-order valence-electron chi connectivity index (χ1n) is 7.39. The molecule has 2 rings (SSSR count). The summed E-state index contributed by atoms with van der Waals surface area (Å²) >= 11 is 0. The van der Waals surface area contributed by atoms with E-state index in [4.69, 9.17) is 0 Å². The number of aromatic nitrogens is 4. The summed E-state index contributed by atoms with van der Waals surface area (Å²) in [4.78, 5) is 4.22. The van der Waals surface area contributed by atoms with Gasteiger partial charge in [0.15, 0.2) is 0 Å². The zero-order valence-corrected chi connectivity index (χ0v) is 13.0. The third-order valence-corrected chi connectivity index (χ3v) is 3.71. The number of aryl methyl sites for hydroxylation is 2. The van der Waals surface area contributed by atoms with E-state index in [2.05, 4.69) is 52.3 Å². The van der Waals surface area contributed by atoms with Crippen molar-refractivity contribution >= 4 is 0 Å². The van der Waals surface area contributed by atoms with E-state index in [1.54, 1.807) is 0 Å². The molecule has 0 radical (unpaired) electrons. The highest BCUT2D eigenvalue weighted by molar-refractivity contribution is 5.25. The van der Waals surface area contributed by atoms with Crippen LogP contribution in [-0.2, 0) is 19.6 Å². The maximum atomic E-state index is 4.67. The Labute approximate surface area is 121 Å². The van der Waals surface area contributed by atoms with E-state index in [0.29, 0.717) is 0 Å². The highest BCUT2D eigenvalue weighted by Gasteiger charge is 2.12.